The summed E-state index contributed by atoms with van der Waals surface area (Å²) >= 11 is 1.37. The van der Waals surface area contributed by atoms with Gasteiger partial charge in [-0.1, -0.05) is 0 Å². The van der Waals surface area contributed by atoms with E-state index in [4.69, 9.17) is 5.73 Å². The molecule has 19 heavy (non-hydrogen) atoms. The van der Waals surface area contributed by atoms with Crippen molar-refractivity contribution in [1.82, 2.24) is 24.3 Å². The lowest BCUT2D eigenvalue weighted by Gasteiger charge is -2.05. The second-order valence-corrected chi connectivity index (χ2v) is 5.12. The van der Waals surface area contributed by atoms with Crippen molar-refractivity contribution in [3.63, 3.8) is 0 Å². The lowest BCUT2D eigenvalue weighted by atomic mass is 10.4. The van der Waals surface area contributed by atoms with Gasteiger partial charge in [0.15, 0.2) is 10.8 Å². The van der Waals surface area contributed by atoms with E-state index in [1.165, 1.54) is 11.8 Å². The highest BCUT2D eigenvalue weighted by atomic mass is 32.2. The van der Waals surface area contributed by atoms with Crippen LogP contribution in [0.5, 0.6) is 0 Å². The third-order valence-corrected chi connectivity index (χ3v) is 3.34. The molecule has 0 unspecified atom stereocenters. The summed E-state index contributed by atoms with van der Waals surface area (Å²) < 4.78 is 1.84. The van der Waals surface area contributed by atoms with Gasteiger partial charge in [0.05, 0.1) is 6.20 Å². The fraction of sp³-hybridized carbons (Fsp3) is 0.167. The molecular formula is C12H12N6S. The van der Waals surface area contributed by atoms with E-state index in [1.807, 2.05) is 30.5 Å². The van der Waals surface area contributed by atoms with Crippen molar-refractivity contribution in [3.8, 4) is 0 Å². The van der Waals surface area contributed by atoms with Crippen molar-refractivity contribution < 1.29 is 0 Å². The van der Waals surface area contributed by atoms with Crippen molar-refractivity contribution >= 4 is 23.2 Å². The lowest BCUT2D eigenvalue weighted by Crippen LogP contribution is -1.99. The Bertz CT molecular complexity index is 731. The molecule has 3 aromatic heterocycles. The number of nitrogen functional groups attached to an aromatic ring is 1. The topological polar surface area (TPSA) is 82.0 Å². The van der Waals surface area contributed by atoms with Gasteiger partial charge in [-0.2, -0.15) is 0 Å². The van der Waals surface area contributed by atoms with E-state index < -0.39 is 0 Å². The minimum atomic E-state index is 0.442. The number of imidazole rings is 1. The molecule has 0 aliphatic carbocycles. The van der Waals surface area contributed by atoms with Crippen LogP contribution in [0.25, 0.3) is 5.65 Å². The third kappa shape index (κ3) is 2.37. The maximum atomic E-state index is 5.78. The molecule has 0 atom stereocenters. The largest absolute Gasteiger partial charge is 0.382 e. The Morgan fingerprint density at radius 3 is 2.63 bits per heavy atom. The van der Waals surface area contributed by atoms with Crippen molar-refractivity contribution in [3.05, 3.63) is 36.0 Å². The number of hydrogen-bond donors (Lipinski definition) is 1. The van der Waals surface area contributed by atoms with Gasteiger partial charge in [-0.3, -0.25) is 0 Å². The maximum absolute atomic E-state index is 5.78. The first kappa shape index (κ1) is 11.9. The summed E-state index contributed by atoms with van der Waals surface area (Å²) in [5.74, 6) is 0.442. The molecule has 0 aliphatic heterocycles. The molecule has 3 aromatic rings. The molecule has 96 valence electrons. The predicted octanol–water partition coefficient (Wildman–Crippen LogP) is 1.87. The summed E-state index contributed by atoms with van der Waals surface area (Å²) in [6.45, 7) is 3.88. The van der Waals surface area contributed by atoms with E-state index in [1.54, 1.807) is 12.4 Å². The Morgan fingerprint density at radius 2 is 1.89 bits per heavy atom. The van der Waals surface area contributed by atoms with Crippen LogP contribution in [0.2, 0.25) is 0 Å². The summed E-state index contributed by atoms with van der Waals surface area (Å²) in [5.41, 5.74) is 8.39. The minimum Gasteiger partial charge on any atom is -0.382 e. The van der Waals surface area contributed by atoms with Crippen LogP contribution in [0.3, 0.4) is 0 Å². The molecule has 0 bridgehead atoms. The zero-order valence-corrected chi connectivity index (χ0v) is 11.3. The average molecular weight is 272 g/mol. The molecule has 0 aromatic carbocycles. The Labute approximate surface area is 114 Å². The number of aromatic nitrogens is 5. The maximum Gasteiger partial charge on any atom is 0.194 e. The molecular weight excluding hydrogens is 260 g/mol. The molecule has 3 heterocycles. The van der Waals surface area contributed by atoms with E-state index >= 15 is 0 Å². The van der Waals surface area contributed by atoms with Gasteiger partial charge in [-0.25, -0.2) is 19.9 Å². The molecule has 0 fully saturated rings. The molecule has 3 rings (SSSR count). The van der Waals surface area contributed by atoms with Crippen LogP contribution in [-0.2, 0) is 0 Å². The van der Waals surface area contributed by atoms with E-state index in [0.717, 1.165) is 17.0 Å². The van der Waals surface area contributed by atoms with Gasteiger partial charge in [0, 0.05) is 23.8 Å². The highest BCUT2D eigenvalue weighted by Gasteiger charge is 2.10. The van der Waals surface area contributed by atoms with Gasteiger partial charge < -0.3 is 10.1 Å². The number of fused-ring (bicyclic) bond motifs is 1. The number of nitrogens with zero attached hydrogens (tertiary/aromatic N) is 5. The quantitative estimate of drug-likeness (QED) is 0.717. The standard InChI is InChI=1S/C12H12N6S/c1-7-5-8(2)16-12(15-7)19-11-10-14-3-4-18(10)6-9(13)17-11/h3-6H,13H2,1-2H3. The van der Waals surface area contributed by atoms with Crippen molar-refractivity contribution in [2.45, 2.75) is 24.0 Å². The first-order valence-corrected chi connectivity index (χ1v) is 6.53. The monoisotopic (exact) mass is 272 g/mol. The Kier molecular flexibility index (Phi) is 2.83. The highest BCUT2D eigenvalue weighted by Crippen LogP contribution is 2.27. The molecule has 6 nitrogen and oxygen atoms in total. The molecule has 0 amide bonds. The van der Waals surface area contributed by atoms with Gasteiger partial charge in [-0.15, -0.1) is 0 Å². The molecule has 0 saturated heterocycles. The molecule has 2 N–H and O–H groups in total. The van der Waals surface area contributed by atoms with E-state index in [-0.39, 0.29) is 0 Å². The van der Waals surface area contributed by atoms with Crippen LogP contribution in [0.15, 0.2) is 34.8 Å². The summed E-state index contributed by atoms with van der Waals surface area (Å²) in [6, 6.07) is 1.93. The van der Waals surface area contributed by atoms with Gasteiger partial charge in [0.1, 0.15) is 10.8 Å². The Morgan fingerprint density at radius 1 is 1.16 bits per heavy atom. The van der Waals surface area contributed by atoms with Gasteiger partial charge in [0.25, 0.3) is 0 Å². The zero-order valence-electron chi connectivity index (χ0n) is 10.5. The fourth-order valence-electron chi connectivity index (χ4n) is 1.82. The van der Waals surface area contributed by atoms with Crippen LogP contribution in [-0.4, -0.2) is 24.3 Å². The van der Waals surface area contributed by atoms with Crippen LogP contribution in [0.4, 0.5) is 5.82 Å². The van der Waals surface area contributed by atoms with E-state index in [9.17, 15) is 0 Å². The number of rotatable bonds is 2. The lowest BCUT2D eigenvalue weighted by molar-refractivity contribution is 0.898. The Balaban J connectivity index is 2.07. The minimum absolute atomic E-state index is 0.442. The van der Waals surface area contributed by atoms with E-state index in [2.05, 4.69) is 19.9 Å². The van der Waals surface area contributed by atoms with Gasteiger partial charge in [-0.05, 0) is 31.7 Å². The fourth-order valence-corrected chi connectivity index (χ4v) is 2.77. The molecule has 7 heteroatoms. The number of aryl methyl sites for hydroxylation is 2. The molecule has 0 aliphatic rings. The number of anilines is 1. The Hall–Kier alpha value is -2.15. The van der Waals surface area contributed by atoms with Crippen LogP contribution < -0.4 is 5.73 Å². The average Bonchev–Trinajstić information content (AvgIpc) is 2.75. The summed E-state index contributed by atoms with van der Waals surface area (Å²) in [5, 5.41) is 1.36. The number of hydrogen-bond acceptors (Lipinski definition) is 6. The second kappa shape index (κ2) is 4.51. The predicted molar refractivity (Wildman–Crippen MR) is 73.0 cm³/mol. The van der Waals surface area contributed by atoms with Crippen LogP contribution >= 0.6 is 11.8 Å². The SMILES string of the molecule is Cc1cc(C)nc(Sc2nc(N)cn3ccnc23)n1. The second-order valence-electron chi connectivity index (χ2n) is 4.16. The molecule has 0 radical (unpaired) electrons. The first-order chi connectivity index (χ1) is 9.11. The van der Waals surface area contributed by atoms with Crippen molar-refractivity contribution in [2.24, 2.45) is 0 Å². The smallest absolute Gasteiger partial charge is 0.194 e. The zero-order chi connectivity index (χ0) is 13.4. The van der Waals surface area contributed by atoms with Crippen LogP contribution in [0.1, 0.15) is 11.4 Å². The van der Waals surface area contributed by atoms with Crippen LogP contribution in [0, 0.1) is 13.8 Å². The summed E-state index contributed by atoms with van der Waals surface area (Å²) in [7, 11) is 0. The third-order valence-electron chi connectivity index (χ3n) is 2.51. The van der Waals surface area contributed by atoms with E-state index in [0.29, 0.717) is 16.0 Å². The van der Waals surface area contributed by atoms with Crippen molar-refractivity contribution in [2.75, 3.05) is 5.73 Å². The normalized spacial score (nSPS) is 11.1. The molecule has 0 spiro atoms. The summed E-state index contributed by atoms with van der Waals surface area (Å²) in [6.07, 6.45) is 5.28. The van der Waals surface area contributed by atoms with Crippen molar-refractivity contribution in [1.29, 1.82) is 0 Å². The first-order valence-electron chi connectivity index (χ1n) is 5.71. The highest BCUT2D eigenvalue weighted by molar-refractivity contribution is 7.99. The number of nitrogens with two attached hydrogens (primary N) is 1. The van der Waals surface area contributed by atoms with Gasteiger partial charge >= 0.3 is 0 Å². The van der Waals surface area contributed by atoms with Gasteiger partial charge in [0.2, 0.25) is 0 Å². The molecule has 0 saturated carbocycles. The summed E-state index contributed by atoms with van der Waals surface area (Å²) in [4.78, 5) is 17.3.